The van der Waals surface area contributed by atoms with Crippen molar-refractivity contribution in [3.63, 3.8) is 0 Å². The summed E-state index contributed by atoms with van der Waals surface area (Å²) in [5.74, 6) is -1.10. The van der Waals surface area contributed by atoms with Crippen LogP contribution in [0.25, 0.3) is 0 Å². The van der Waals surface area contributed by atoms with Gasteiger partial charge >= 0.3 is 5.97 Å². The summed E-state index contributed by atoms with van der Waals surface area (Å²) in [6, 6.07) is -0.221. The molecule has 0 aliphatic heterocycles. The van der Waals surface area contributed by atoms with Crippen molar-refractivity contribution in [2.24, 2.45) is 0 Å². The van der Waals surface area contributed by atoms with E-state index in [0.29, 0.717) is 6.42 Å². The van der Waals surface area contributed by atoms with Crippen molar-refractivity contribution >= 4 is 16.0 Å². The van der Waals surface area contributed by atoms with Crippen LogP contribution in [0.3, 0.4) is 0 Å². The Kier molecular flexibility index (Phi) is 4.42. The van der Waals surface area contributed by atoms with Crippen molar-refractivity contribution in [1.82, 2.24) is 4.31 Å². The summed E-state index contributed by atoms with van der Waals surface area (Å²) in [4.78, 5) is 11.0. The van der Waals surface area contributed by atoms with E-state index in [-0.39, 0.29) is 28.0 Å². The molecule has 0 aliphatic rings. The molecule has 19 heavy (non-hydrogen) atoms. The van der Waals surface area contributed by atoms with Crippen LogP contribution in [0, 0.1) is 13.8 Å². The van der Waals surface area contributed by atoms with Crippen LogP contribution in [-0.4, -0.2) is 36.9 Å². The predicted octanol–water partition coefficient (Wildman–Crippen LogP) is 2.01. The number of carboxylic acids is 1. The van der Waals surface area contributed by atoms with Gasteiger partial charge in [-0.25, -0.2) is 13.2 Å². The van der Waals surface area contributed by atoms with Gasteiger partial charge in [-0.3, -0.25) is 0 Å². The maximum atomic E-state index is 12.5. The Morgan fingerprint density at radius 2 is 1.89 bits per heavy atom. The maximum absolute atomic E-state index is 12.5. The SMILES string of the molecule is CCC(C)N(C)S(=O)(=O)c1c(C)oc(C)c1C(=O)O. The van der Waals surface area contributed by atoms with Crippen LogP contribution in [0.5, 0.6) is 0 Å². The molecule has 1 N–H and O–H groups in total. The Balaban J connectivity index is 3.49. The van der Waals surface area contributed by atoms with E-state index < -0.39 is 16.0 Å². The molecule has 6 nitrogen and oxygen atoms in total. The highest BCUT2D eigenvalue weighted by Crippen LogP contribution is 2.29. The largest absolute Gasteiger partial charge is 0.478 e. The molecule has 0 saturated heterocycles. The Morgan fingerprint density at radius 1 is 1.37 bits per heavy atom. The maximum Gasteiger partial charge on any atom is 0.340 e. The van der Waals surface area contributed by atoms with E-state index >= 15 is 0 Å². The van der Waals surface area contributed by atoms with Gasteiger partial charge in [-0.2, -0.15) is 4.31 Å². The van der Waals surface area contributed by atoms with Crippen molar-refractivity contribution in [2.75, 3.05) is 7.05 Å². The Hall–Kier alpha value is -1.34. The van der Waals surface area contributed by atoms with Crippen LogP contribution in [-0.2, 0) is 10.0 Å². The van der Waals surface area contributed by atoms with Gasteiger partial charge in [0.25, 0.3) is 0 Å². The molecule has 0 spiro atoms. The number of hydrogen-bond acceptors (Lipinski definition) is 4. The molecule has 0 amide bonds. The number of carbonyl (C=O) groups is 1. The van der Waals surface area contributed by atoms with Gasteiger partial charge < -0.3 is 9.52 Å². The van der Waals surface area contributed by atoms with E-state index in [4.69, 9.17) is 9.52 Å². The van der Waals surface area contributed by atoms with E-state index in [1.165, 1.54) is 25.2 Å². The molecule has 108 valence electrons. The molecule has 0 bridgehead atoms. The molecule has 0 aromatic carbocycles. The van der Waals surface area contributed by atoms with Crippen LogP contribution >= 0.6 is 0 Å². The third-order valence-corrected chi connectivity index (χ3v) is 5.39. The van der Waals surface area contributed by atoms with Crippen LogP contribution in [0.15, 0.2) is 9.31 Å². The minimum absolute atomic E-state index is 0.0983. The molecule has 0 radical (unpaired) electrons. The number of nitrogens with zero attached hydrogens (tertiary/aromatic N) is 1. The van der Waals surface area contributed by atoms with Gasteiger partial charge in [0.05, 0.1) is 0 Å². The second-order valence-electron chi connectivity index (χ2n) is 4.50. The first-order valence-electron chi connectivity index (χ1n) is 5.95. The van der Waals surface area contributed by atoms with Gasteiger partial charge in [0, 0.05) is 13.1 Å². The Morgan fingerprint density at radius 3 is 2.32 bits per heavy atom. The molecule has 1 rings (SSSR count). The first-order chi connectivity index (χ1) is 8.64. The lowest BCUT2D eigenvalue weighted by Gasteiger charge is -2.23. The van der Waals surface area contributed by atoms with Gasteiger partial charge in [-0.05, 0) is 27.2 Å². The van der Waals surface area contributed by atoms with Crippen LogP contribution in [0.1, 0.15) is 42.1 Å². The number of furan rings is 1. The molecule has 0 aliphatic carbocycles. The zero-order valence-corrected chi connectivity index (χ0v) is 12.5. The summed E-state index contributed by atoms with van der Waals surface area (Å²) in [5.41, 5.74) is -0.285. The Bertz CT molecular complexity index is 588. The fourth-order valence-corrected chi connectivity index (χ4v) is 3.66. The molecule has 0 saturated carbocycles. The highest BCUT2D eigenvalue weighted by molar-refractivity contribution is 7.89. The third kappa shape index (κ3) is 2.66. The molecule has 1 heterocycles. The molecular formula is C12H19NO5S. The van der Waals surface area contributed by atoms with Crippen molar-refractivity contribution in [2.45, 2.75) is 45.1 Å². The minimum Gasteiger partial charge on any atom is -0.478 e. The first kappa shape index (κ1) is 15.7. The molecule has 7 heteroatoms. The van der Waals surface area contributed by atoms with Gasteiger partial charge in [-0.1, -0.05) is 6.92 Å². The molecule has 1 aromatic heterocycles. The molecule has 1 unspecified atom stereocenters. The van der Waals surface area contributed by atoms with Crippen LogP contribution in [0.2, 0.25) is 0 Å². The van der Waals surface area contributed by atoms with E-state index in [0.717, 1.165) is 0 Å². The van der Waals surface area contributed by atoms with Crippen LogP contribution < -0.4 is 0 Å². The fraction of sp³-hybridized carbons (Fsp3) is 0.583. The predicted molar refractivity (Wildman–Crippen MR) is 69.8 cm³/mol. The number of rotatable bonds is 5. The van der Waals surface area contributed by atoms with Crippen LogP contribution in [0.4, 0.5) is 0 Å². The number of aromatic carboxylic acids is 1. The number of hydrogen-bond donors (Lipinski definition) is 1. The van der Waals surface area contributed by atoms with Crippen molar-refractivity contribution < 1.29 is 22.7 Å². The molecular weight excluding hydrogens is 270 g/mol. The van der Waals surface area contributed by atoms with E-state index in [1.54, 1.807) is 6.92 Å². The lowest BCUT2D eigenvalue weighted by Crippen LogP contribution is -2.35. The standard InChI is InChI=1S/C12H19NO5S/c1-6-7(2)13(5)19(16,17)11-9(4)18-8(3)10(11)12(14)15/h7H,6H2,1-5H3,(H,14,15). The average molecular weight is 289 g/mol. The van der Waals surface area contributed by atoms with Gasteiger partial charge in [0.15, 0.2) is 0 Å². The normalized spacial score (nSPS) is 13.8. The summed E-state index contributed by atoms with van der Waals surface area (Å²) >= 11 is 0. The monoisotopic (exact) mass is 289 g/mol. The zero-order valence-electron chi connectivity index (χ0n) is 11.7. The average Bonchev–Trinajstić information content (AvgIpc) is 2.62. The highest BCUT2D eigenvalue weighted by atomic mass is 32.2. The van der Waals surface area contributed by atoms with Gasteiger partial charge in [0.1, 0.15) is 22.0 Å². The summed E-state index contributed by atoms with van der Waals surface area (Å²) in [5, 5.41) is 9.16. The lowest BCUT2D eigenvalue weighted by molar-refractivity contribution is 0.0691. The van der Waals surface area contributed by atoms with E-state index in [1.807, 2.05) is 6.92 Å². The third-order valence-electron chi connectivity index (χ3n) is 3.27. The molecule has 0 fully saturated rings. The molecule has 1 aromatic rings. The topological polar surface area (TPSA) is 87.8 Å². The van der Waals surface area contributed by atoms with Gasteiger partial charge in [-0.15, -0.1) is 0 Å². The van der Waals surface area contributed by atoms with Gasteiger partial charge in [0.2, 0.25) is 10.0 Å². The smallest absolute Gasteiger partial charge is 0.340 e. The summed E-state index contributed by atoms with van der Waals surface area (Å²) in [6.07, 6.45) is 0.633. The summed E-state index contributed by atoms with van der Waals surface area (Å²) in [7, 11) is -2.44. The molecule has 1 atom stereocenters. The minimum atomic E-state index is -3.88. The lowest BCUT2D eigenvalue weighted by atomic mass is 10.2. The van der Waals surface area contributed by atoms with E-state index in [9.17, 15) is 13.2 Å². The van der Waals surface area contributed by atoms with Crippen molar-refractivity contribution in [3.05, 3.63) is 17.1 Å². The summed E-state index contributed by atoms with van der Waals surface area (Å²) < 4.78 is 31.3. The number of aryl methyl sites for hydroxylation is 2. The number of carboxylic acid groups (broad SMARTS) is 1. The number of sulfonamides is 1. The Labute approximate surface area is 113 Å². The quantitative estimate of drug-likeness (QED) is 0.895. The van der Waals surface area contributed by atoms with Crippen molar-refractivity contribution in [1.29, 1.82) is 0 Å². The second kappa shape index (κ2) is 5.34. The zero-order chi connectivity index (χ0) is 15.0. The first-order valence-corrected chi connectivity index (χ1v) is 7.39. The highest BCUT2D eigenvalue weighted by Gasteiger charge is 2.34. The summed E-state index contributed by atoms with van der Waals surface area (Å²) in [6.45, 7) is 6.53. The fourth-order valence-electron chi connectivity index (χ4n) is 1.86. The van der Waals surface area contributed by atoms with Crippen molar-refractivity contribution in [3.8, 4) is 0 Å². The second-order valence-corrected chi connectivity index (χ2v) is 6.44. The van der Waals surface area contributed by atoms with E-state index in [2.05, 4.69) is 0 Å².